The number of fused-ring (bicyclic) bond motifs is 1. The van der Waals surface area contributed by atoms with Gasteiger partial charge < -0.3 is 19.5 Å². The van der Waals surface area contributed by atoms with E-state index in [4.69, 9.17) is 11.6 Å². The fourth-order valence-corrected chi connectivity index (χ4v) is 4.98. The van der Waals surface area contributed by atoms with E-state index >= 15 is 0 Å². The van der Waals surface area contributed by atoms with Crippen molar-refractivity contribution in [2.24, 2.45) is 15.2 Å². The van der Waals surface area contributed by atoms with Gasteiger partial charge in [0, 0.05) is 5.39 Å². The van der Waals surface area contributed by atoms with Crippen molar-refractivity contribution in [1.82, 2.24) is 0 Å². The minimum absolute atomic E-state index is 0. The van der Waals surface area contributed by atoms with Gasteiger partial charge in [-0.25, -0.2) is 26.2 Å². The second-order valence-corrected chi connectivity index (χ2v) is 11.2. The Morgan fingerprint density at radius 1 is 1.07 bits per heavy atom. The maximum Gasteiger partial charge on any atom is 1.00 e. The number of anilines is 1. The van der Waals surface area contributed by atoms with Gasteiger partial charge in [-0.2, -0.15) is 4.39 Å². The maximum absolute atomic E-state index is 14.1. The standard InChI is InChI=1S/C22H17ClF2N4O7S2.2Na/c1-10-6-11-7-12(37(31,32)33)8-15(26-22-19(23)13(24)9-17(25)27-22)18(11)21(30)20(10)29-28-14-4-2-3-5-16(14)38(34,35)36;;/h2-8,13,26,30H,9H2,1H3,(H,31,32,33)(H,34,35,36);;/q;2*+1/p-2. The molecule has 0 aromatic heterocycles. The predicted molar refractivity (Wildman–Crippen MR) is 131 cm³/mol. The van der Waals surface area contributed by atoms with E-state index in [1.54, 1.807) is 0 Å². The molecule has 0 saturated carbocycles. The number of aryl methyl sites for hydroxylation is 1. The third-order valence-electron chi connectivity index (χ3n) is 5.37. The summed E-state index contributed by atoms with van der Waals surface area (Å²) in [5, 5.41) is 20.5. The number of benzene rings is 3. The zero-order chi connectivity index (χ0) is 28.0. The van der Waals surface area contributed by atoms with Crippen LogP contribution in [0.25, 0.3) is 10.8 Å². The second-order valence-electron chi connectivity index (χ2n) is 8.02. The smallest absolute Gasteiger partial charge is 0.744 e. The third kappa shape index (κ3) is 7.46. The van der Waals surface area contributed by atoms with Gasteiger partial charge in [0.2, 0.25) is 0 Å². The van der Waals surface area contributed by atoms with Gasteiger partial charge in [-0.1, -0.05) is 23.7 Å². The number of allylic oxidation sites excluding steroid dienone is 1. The first-order valence-corrected chi connectivity index (χ1v) is 13.6. The molecule has 18 heteroatoms. The number of hydrogen-bond acceptors (Lipinski definition) is 11. The number of nitrogens with one attached hydrogen (secondary N) is 1. The fraction of sp³-hybridized carbons (Fsp3) is 0.136. The van der Waals surface area contributed by atoms with Crippen LogP contribution in [0, 0.1) is 6.92 Å². The number of halogens is 3. The molecule has 40 heavy (non-hydrogen) atoms. The van der Waals surface area contributed by atoms with Crippen LogP contribution in [-0.2, 0) is 20.2 Å². The summed E-state index contributed by atoms with van der Waals surface area (Å²) in [6.45, 7) is 1.45. The first-order chi connectivity index (χ1) is 17.7. The van der Waals surface area contributed by atoms with Crippen LogP contribution in [0.4, 0.5) is 25.8 Å². The van der Waals surface area contributed by atoms with E-state index in [2.05, 4.69) is 20.5 Å². The molecule has 2 N–H and O–H groups in total. The zero-order valence-electron chi connectivity index (χ0n) is 21.0. The number of alkyl halides is 1. The van der Waals surface area contributed by atoms with Crippen molar-refractivity contribution in [2.75, 3.05) is 5.32 Å². The molecule has 11 nitrogen and oxygen atoms in total. The van der Waals surface area contributed by atoms with Crippen molar-refractivity contribution in [3.63, 3.8) is 0 Å². The molecule has 0 saturated heterocycles. The van der Waals surface area contributed by atoms with Crippen molar-refractivity contribution in [2.45, 2.75) is 29.3 Å². The first kappa shape index (κ1) is 34.7. The van der Waals surface area contributed by atoms with Crippen molar-refractivity contribution in [3.05, 3.63) is 58.9 Å². The second kappa shape index (κ2) is 13.2. The van der Waals surface area contributed by atoms with Gasteiger partial charge in [0.15, 0.2) is 17.5 Å². The van der Waals surface area contributed by atoms with Gasteiger partial charge in [-0.3, -0.25) is 0 Å². The average molecular weight is 631 g/mol. The molecule has 1 heterocycles. The van der Waals surface area contributed by atoms with Crippen LogP contribution in [0.5, 0.6) is 5.75 Å². The van der Waals surface area contributed by atoms with Gasteiger partial charge in [0.1, 0.15) is 37.8 Å². The van der Waals surface area contributed by atoms with E-state index in [9.17, 15) is 39.8 Å². The molecule has 0 fully saturated rings. The van der Waals surface area contributed by atoms with E-state index in [1.165, 1.54) is 31.2 Å². The molecule has 3 aromatic carbocycles. The van der Waals surface area contributed by atoms with Crippen LogP contribution in [0.2, 0.25) is 0 Å². The van der Waals surface area contributed by atoms with Gasteiger partial charge in [-0.05, 0) is 48.2 Å². The average Bonchev–Trinajstić information content (AvgIpc) is 2.80. The molecule has 1 unspecified atom stereocenters. The summed E-state index contributed by atoms with van der Waals surface area (Å²) in [6, 6.07) is 8.05. The third-order valence-corrected chi connectivity index (χ3v) is 7.48. The summed E-state index contributed by atoms with van der Waals surface area (Å²) in [5.41, 5.74) is -0.647. The van der Waals surface area contributed by atoms with Crippen LogP contribution in [0.1, 0.15) is 12.0 Å². The maximum atomic E-state index is 14.1. The van der Waals surface area contributed by atoms with Crippen LogP contribution in [-0.4, -0.2) is 43.2 Å². The van der Waals surface area contributed by atoms with Crippen LogP contribution >= 0.6 is 11.6 Å². The van der Waals surface area contributed by atoms with E-state index in [0.29, 0.717) is 0 Å². The van der Waals surface area contributed by atoms with Crippen LogP contribution < -0.4 is 64.4 Å². The van der Waals surface area contributed by atoms with Crippen molar-refractivity contribution >= 4 is 65.6 Å². The van der Waals surface area contributed by atoms with Crippen LogP contribution in [0.15, 0.2) is 78.3 Å². The Hall–Kier alpha value is -1.50. The van der Waals surface area contributed by atoms with Crippen molar-refractivity contribution in [1.29, 1.82) is 0 Å². The normalized spacial score (nSPS) is 15.9. The fourth-order valence-electron chi connectivity index (χ4n) is 3.67. The SMILES string of the molecule is Cc1cc2cc(S(=O)(=O)[O-])cc(NC3=C(Cl)C(F)CC(F)=N3)c2c(O)c1N=Nc1ccccc1S(=O)(=O)[O-].[Na+].[Na+]. The van der Waals surface area contributed by atoms with Gasteiger partial charge >= 0.3 is 59.1 Å². The quantitative estimate of drug-likeness (QED) is 0.198. The molecule has 1 aliphatic rings. The van der Waals surface area contributed by atoms with E-state index in [-0.39, 0.29) is 92.5 Å². The number of aliphatic imine (C=N–C) groups is 1. The molecule has 200 valence electrons. The molecule has 0 amide bonds. The summed E-state index contributed by atoms with van der Waals surface area (Å²) in [6.07, 6.45) is -2.66. The summed E-state index contributed by atoms with van der Waals surface area (Å²) < 4.78 is 97.8. The minimum Gasteiger partial charge on any atom is -0.744 e. The molecule has 4 rings (SSSR count). The number of nitrogens with zero attached hydrogens (tertiary/aromatic N) is 3. The molecule has 1 aliphatic heterocycles. The molecular formula is C22H15ClF2N4Na2O7S2. The summed E-state index contributed by atoms with van der Waals surface area (Å²) in [4.78, 5) is 2.10. The van der Waals surface area contributed by atoms with Gasteiger partial charge in [0.25, 0.3) is 0 Å². The predicted octanol–water partition coefficient (Wildman–Crippen LogP) is -0.985. The number of aromatic hydroxyl groups is 1. The van der Waals surface area contributed by atoms with Crippen molar-refractivity contribution in [3.8, 4) is 5.75 Å². The topological polar surface area (TPSA) is 184 Å². The van der Waals surface area contributed by atoms with Gasteiger partial charge in [-0.15, -0.1) is 10.2 Å². The minimum atomic E-state index is -5.03. The molecule has 0 spiro atoms. The van der Waals surface area contributed by atoms with Crippen molar-refractivity contribution < 1.29 is 98.9 Å². The van der Waals surface area contributed by atoms with E-state index in [0.717, 1.165) is 18.2 Å². The summed E-state index contributed by atoms with van der Waals surface area (Å²) in [7, 11) is -9.93. The molecule has 1 atom stereocenters. The Labute approximate surface area is 276 Å². The molecule has 0 aliphatic carbocycles. The van der Waals surface area contributed by atoms with E-state index < -0.39 is 65.2 Å². The molecule has 0 bridgehead atoms. The largest absolute Gasteiger partial charge is 1.00 e. The molecule has 0 radical (unpaired) electrons. The molecular weight excluding hydrogens is 616 g/mol. The Morgan fingerprint density at radius 2 is 1.73 bits per heavy atom. The Kier molecular flexibility index (Phi) is 11.5. The number of phenols is 1. The Bertz CT molecular complexity index is 1800. The number of phenolic OH excluding ortho intramolecular Hbond substituents is 1. The molecule has 3 aromatic rings. The first-order valence-electron chi connectivity index (χ1n) is 10.4. The van der Waals surface area contributed by atoms with Gasteiger partial charge in [0.05, 0.1) is 26.9 Å². The summed E-state index contributed by atoms with van der Waals surface area (Å²) in [5.74, 6) is -2.26. The number of hydrogen-bond donors (Lipinski definition) is 2. The Morgan fingerprint density at radius 3 is 2.35 bits per heavy atom. The summed E-state index contributed by atoms with van der Waals surface area (Å²) >= 11 is 5.91. The monoisotopic (exact) mass is 630 g/mol. The Balaban J connectivity index is 0.00000280. The van der Waals surface area contributed by atoms with Crippen LogP contribution in [0.3, 0.4) is 0 Å². The van der Waals surface area contributed by atoms with E-state index in [1.807, 2.05) is 0 Å². The zero-order valence-corrected chi connectivity index (χ0v) is 27.4. The number of azo groups is 1. The number of rotatable bonds is 6.